The van der Waals surface area contributed by atoms with Gasteiger partial charge in [-0.25, -0.2) is 9.79 Å². The predicted molar refractivity (Wildman–Crippen MR) is 196 cm³/mol. The van der Waals surface area contributed by atoms with E-state index in [9.17, 15) is 44.4 Å². The molecule has 0 spiro atoms. The highest BCUT2D eigenvalue weighted by Crippen LogP contribution is 2.27. The predicted octanol–water partition coefficient (Wildman–Crippen LogP) is -0.621. The van der Waals surface area contributed by atoms with Crippen molar-refractivity contribution in [1.82, 2.24) is 20.9 Å². The van der Waals surface area contributed by atoms with Crippen LogP contribution in [0.15, 0.2) is 35.3 Å². The third-order valence-electron chi connectivity index (χ3n) is 10.2. The highest BCUT2D eigenvalue weighted by Gasteiger charge is 2.42. The number of carboxylic acids is 1. The Morgan fingerprint density at radius 3 is 2.06 bits per heavy atom. The van der Waals surface area contributed by atoms with Crippen LogP contribution < -0.4 is 27.4 Å². The Balaban J connectivity index is 2.22. The summed E-state index contributed by atoms with van der Waals surface area (Å²) in [5.41, 5.74) is 11.1. The van der Waals surface area contributed by atoms with Crippen LogP contribution in [0.1, 0.15) is 78.4 Å². The molecule has 1 aliphatic heterocycles. The largest absolute Gasteiger partial charge is 0.480 e. The number of likely N-dealkylation sites (tertiary alicyclic amines) is 1. The number of ether oxygens (including phenoxy) is 1. The SMILES string of the molecule is CCC(C)C(NC(=O)C(CO)N=C(N)N)C(=O)NC(C(C)CC)C(CC(=O)N1CCCC1C(O)C(C)C(=O)NC(C(=O)O)C(O)c1ccccc1)OC. The van der Waals surface area contributed by atoms with E-state index >= 15 is 0 Å². The van der Waals surface area contributed by atoms with Gasteiger partial charge in [0, 0.05) is 13.7 Å². The number of carbonyl (C=O) groups excluding carboxylic acids is 4. The Bertz CT molecular complexity index is 1400. The number of carboxylic acid groups (broad SMARTS) is 1. The van der Waals surface area contributed by atoms with Crippen LogP contribution in [0.4, 0.5) is 0 Å². The van der Waals surface area contributed by atoms with Crippen molar-refractivity contribution in [2.24, 2.45) is 34.2 Å². The summed E-state index contributed by atoms with van der Waals surface area (Å²) in [5, 5.41) is 49.4. The highest BCUT2D eigenvalue weighted by atomic mass is 16.5. The van der Waals surface area contributed by atoms with Crippen molar-refractivity contribution >= 4 is 35.6 Å². The van der Waals surface area contributed by atoms with Crippen molar-refractivity contribution in [2.45, 2.75) is 115 Å². The van der Waals surface area contributed by atoms with E-state index in [2.05, 4.69) is 20.9 Å². The molecule has 1 aromatic rings. The van der Waals surface area contributed by atoms with Gasteiger partial charge in [0.2, 0.25) is 23.6 Å². The lowest BCUT2D eigenvalue weighted by molar-refractivity contribution is -0.147. The zero-order chi connectivity index (χ0) is 40.0. The summed E-state index contributed by atoms with van der Waals surface area (Å²) in [6, 6.07) is 2.53. The third-order valence-corrected chi connectivity index (χ3v) is 10.2. The molecule has 1 fully saturated rings. The number of aliphatic hydroxyl groups excluding tert-OH is 3. The molecule has 0 radical (unpaired) electrons. The fourth-order valence-electron chi connectivity index (χ4n) is 6.42. The molecule has 17 heteroatoms. The topological polar surface area (TPSA) is 279 Å². The van der Waals surface area contributed by atoms with Gasteiger partial charge in [0.15, 0.2) is 18.0 Å². The Labute approximate surface area is 310 Å². The van der Waals surface area contributed by atoms with E-state index in [0.717, 1.165) is 0 Å². The van der Waals surface area contributed by atoms with Gasteiger partial charge in [0.1, 0.15) is 12.1 Å². The number of hydrogen-bond acceptors (Lipinski definition) is 10. The van der Waals surface area contributed by atoms with Crippen LogP contribution in [0, 0.1) is 17.8 Å². The Hall–Kier alpha value is -4.32. The van der Waals surface area contributed by atoms with E-state index in [1.807, 2.05) is 20.8 Å². The molecule has 53 heavy (non-hydrogen) atoms. The number of aliphatic imine (C=N–C) groups is 1. The van der Waals surface area contributed by atoms with Crippen LogP contribution >= 0.6 is 0 Å². The monoisotopic (exact) mass is 749 g/mol. The number of carbonyl (C=O) groups is 5. The van der Waals surface area contributed by atoms with Crippen molar-refractivity contribution in [3.8, 4) is 0 Å². The van der Waals surface area contributed by atoms with Gasteiger partial charge in [-0.3, -0.25) is 19.2 Å². The standard InChI is InChI=1S/C36H59N7O10/c1-7-19(3)27(40-34(50)28(20(4)8-2)41-33(49)23(18-44)39-36(37)38)25(53-6)17-26(45)43-16-12-15-24(43)30(46)21(5)32(48)42-29(35(51)52)31(47)22-13-10-9-11-14-22/h9-11,13-14,19-21,23-25,27-31,44,46-47H,7-8,12,15-18H2,1-6H3,(H,40,50)(H,41,49)(H,42,48)(H,51,52)(H4,37,38,39). The van der Waals surface area contributed by atoms with Gasteiger partial charge in [-0.15, -0.1) is 0 Å². The lowest BCUT2D eigenvalue weighted by Crippen LogP contribution is -2.58. The van der Waals surface area contributed by atoms with Crippen LogP contribution in [-0.4, -0.2) is 124 Å². The summed E-state index contributed by atoms with van der Waals surface area (Å²) in [6.45, 7) is 8.47. The van der Waals surface area contributed by atoms with E-state index in [-0.39, 0.29) is 24.2 Å². The van der Waals surface area contributed by atoms with Gasteiger partial charge < -0.3 is 57.5 Å². The lowest BCUT2D eigenvalue weighted by atomic mass is 9.90. The van der Waals surface area contributed by atoms with Crippen LogP contribution in [0.5, 0.6) is 0 Å². The lowest BCUT2D eigenvalue weighted by Gasteiger charge is -2.36. The molecular formula is C36H59N7O10. The number of amides is 4. The summed E-state index contributed by atoms with van der Waals surface area (Å²) in [4.78, 5) is 71.0. The molecule has 2 rings (SSSR count). The van der Waals surface area contributed by atoms with E-state index in [4.69, 9.17) is 16.2 Å². The summed E-state index contributed by atoms with van der Waals surface area (Å²) in [6.07, 6.45) is -1.87. The second-order valence-electron chi connectivity index (χ2n) is 13.8. The molecule has 1 saturated heterocycles. The number of aliphatic carboxylic acids is 1. The molecule has 11 N–H and O–H groups in total. The van der Waals surface area contributed by atoms with Gasteiger partial charge in [-0.05, 0) is 30.2 Å². The Morgan fingerprint density at radius 1 is 0.925 bits per heavy atom. The van der Waals surface area contributed by atoms with Gasteiger partial charge in [0.05, 0.1) is 43.2 Å². The first-order valence-corrected chi connectivity index (χ1v) is 18.1. The summed E-state index contributed by atoms with van der Waals surface area (Å²) >= 11 is 0. The minimum Gasteiger partial charge on any atom is -0.480 e. The van der Waals surface area contributed by atoms with Crippen LogP contribution in [-0.2, 0) is 28.7 Å². The summed E-state index contributed by atoms with van der Waals surface area (Å²) < 4.78 is 5.79. The third kappa shape index (κ3) is 12.4. The summed E-state index contributed by atoms with van der Waals surface area (Å²) in [7, 11) is 1.42. The fourth-order valence-corrected chi connectivity index (χ4v) is 6.42. The number of rotatable bonds is 21. The second-order valence-corrected chi connectivity index (χ2v) is 13.8. The number of nitrogens with one attached hydrogen (secondary N) is 3. The molecule has 4 amide bonds. The molecule has 298 valence electrons. The van der Waals surface area contributed by atoms with Gasteiger partial charge in [-0.1, -0.05) is 77.8 Å². The number of methoxy groups -OCH3 is 1. The second kappa shape index (κ2) is 21.4. The fraction of sp³-hybridized carbons (Fsp3) is 0.667. The van der Waals surface area contributed by atoms with Crippen molar-refractivity contribution in [3.63, 3.8) is 0 Å². The Morgan fingerprint density at radius 2 is 1.53 bits per heavy atom. The minimum atomic E-state index is -1.68. The zero-order valence-corrected chi connectivity index (χ0v) is 31.5. The number of aliphatic hydroxyl groups is 3. The number of hydrogen-bond donors (Lipinski definition) is 9. The molecule has 1 heterocycles. The first kappa shape index (κ1) is 44.8. The van der Waals surface area contributed by atoms with Gasteiger partial charge in [0.25, 0.3) is 0 Å². The highest BCUT2D eigenvalue weighted by molar-refractivity contribution is 5.92. The molecule has 17 nitrogen and oxygen atoms in total. The van der Waals surface area contributed by atoms with E-state index < -0.39 is 90.7 Å². The number of benzene rings is 1. The molecule has 0 aliphatic carbocycles. The average Bonchev–Trinajstić information content (AvgIpc) is 3.65. The van der Waals surface area contributed by atoms with E-state index in [1.165, 1.54) is 31.1 Å². The van der Waals surface area contributed by atoms with E-state index in [1.54, 1.807) is 25.1 Å². The van der Waals surface area contributed by atoms with Crippen molar-refractivity contribution < 1.29 is 49.1 Å². The molecule has 11 atom stereocenters. The van der Waals surface area contributed by atoms with Crippen molar-refractivity contribution in [3.05, 3.63) is 35.9 Å². The smallest absolute Gasteiger partial charge is 0.329 e. The summed E-state index contributed by atoms with van der Waals surface area (Å²) in [5.74, 6) is -5.98. The maximum Gasteiger partial charge on any atom is 0.329 e. The first-order chi connectivity index (χ1) is 25.0. The maximum absolute atomic E-state index is 13.9. The minimum absolute atomic E-state index is 0.183. The molecule has 11 unspecified atom stereocenters. The zero-order valence-electron chi connectivity index (χ0n) is 31.5. The van der Waals surface area contributed by atoms with Crippen LogP contribution in [0.2, 0.25) is 0 Å². The van der Waals surface area contributed by atoms with Crippen molar-refractivity contribution in [1.29, 1.82) is 0 Å². The molecule has 0 saturated carbocycles. The number of nitrogens with two attached hydrogens (primary N) is 2. The average molecular weight is 750 g/mol. The Kier molecular flexibility index (Phi) is 18.1. The number of guanidine groups is 1. The van der Waals surface area contributed by atoms with Gasteiger partial charge >= 0.3 is 5.97 Å². The number of nitrogens with zero attached hydrogens (tertiary/aromatic N) is 2. The van der Waals surface area contributed by atoms with Crippen LogP contribution in [0.25, 0.3) is 0 Å². The van der Waals surface area contributed by atoms with Gasteiger partial charge in [-0.2, -0.15) is 0 Å². The quantitative estimate of drug-likeness (QED) is 0.0562. The van der Waals surface area contributed by atoms with E-state index in [0.29, 0.717) is 37.8 Å². The molecule has 1 aliphatic rings. The van der Waals surface area contributed by atoms with Crippen LogP contribution in [0.3, 0.4) is 0 Å². The molecular weight excluding hydrogens is 690 g/mol. The molecule has 0 aromatic heterocycles. The maximum atomic E-state index is 13.9. The normalized spacial score (nSPS) is 19.9. The van der Waals surface area contributed by atoms with Crippen molar-refractivity contribution in [2.75, 3.05) is 20.3 Å². The molecule has 0 bridgehead atoms. The molecule has 1 aromatic carbocycles. The first-order valence-electron chi connectivity index (χ1n) is 18.1.